The Balaban J connectivity index is 1.41. The summed E-state index contributed by atoms with van der Waals surface area (Å²) in [4.78, 5) is 11.9. The molecule has 1 heterocycles. The number of nitrogens with one attached hydrogen (secondary N) is 2. The summed E-state index contributed by atoms with van der Waals surface area (Å²) in [5.41, 5.74) is 1.43. The number of urea groups is 1. The molecule has 0 bridgehead atoms. The first-order valence-corrected chi connectivity index (χ1v) is 8.06. The van der Waals surface area contributed by atoms with Crippen LogP contribution in [0.1, 0.15) is 0 Å². The molecule has 0 aliphatic rings. The molecule has 0 spiro atoms. The molecule has 0 atom stereocenters. The molecule has 124 valence electrons. The number of amides is 2. The van der Waals surface area contributed by atoms with Gasteiger partial charge in [-0.25, -0.2) is 4.79 Å². The molecule has 0 radical (unpaired) electrons. The third-order valence-electron chi connectivity index (χ3n) is 3.22. The zero-order valence-corrected chi connectivity index (χ0v) is 13.8. The van der Waals surface area contributed by atoms with Crippen LogP contribution in [0, 0.1) is 0 Å². The highest BCUT2D eigenvalue weighted by Crippen LogP contribution is 2.19. The first kappa shape index (κ1) is 16.0. The van der Waals surface area contributed by atoms with Crippen LogP contribution >= 0.6 is 11.5 Å². The van der Waals surface area contributed by atoms with Crippen molar-refractivity contribution < 1.29 is 14.3 Å². The summed E-state index contributed by atoms with van der Waals surface area (Å²) in [5.74, 6) is 1.49. The van der Waals surface area contributed by atoms with Gasteiger partial charge in [-0.2, -0.15) is 0 Å². The quantitative estimate of drug-likeness (QED) is 0.672. The number of fused-ring (bicyclic) bond motifs is 1. The van der Waals surface area contributed by atoms with Crippen LogP contribution in [0.5, 0.6) is 11.5 Å². The lowest BCUT2D eigenvalue weighted by atomic mass is 10.3. The van der Waals surface area contributed by atoms with Crippen LogP contribution in [0.15, 0.2) is 42.5 Å². The van der Waals surface area contributed by atoms with Crippen LogP contribution in [0.25, 0.3) is 10.2 Å². The third kappa shape index (κ3) is 4.11. The van der Waals surface area contributed by atoms with E-state index in [1.165, 1.54) is 11.5 Å². The van der Waals surface area contributed by atoms with Gasteiger partial charge < -0.3 is 20.1 Å². The normalized spacial score (nSPS) is 10.4. The predicted molar refractivity (Wildman–Crippen MR) is 92.9 cm³/mol. The number of methoxy groups -OCH3 is 1. The van der Waals surface area contributed by atoms with Crippen molar-refractivity contribution in [2.75, 3.05) is 25.6 Å². The zero-order valence-electron chi connectivity index (χ0n) is 13.0. The molecule has 8 heteroatoms. The lowest BCUT2D eigenvalue weighted by molar-refractivity contribution is 0.247. The Hall–Kier alpha value is -2.87. The number of benzene rings is 2. The molecule has 0 fully saturated rings. The zero-order chi connectivity index (χ0) is 16.8. The maximum Gasteiger partial charge on any atom is 0.319 e. The minimum absolute atomic E-state index is 0.295. The van der Waals surface area contributed by atoms with Gasteiger partial charge in [0, 0.05) is 5.69 Å². The van der Waals surface area contributed by atoms with E-state index in [0.29, 0.717) is 18.8 Å². The Morgan fingerprint density at radius 2 is 1.96 bits per heavy atom. The van der Waals surface area contributed by atoms with Crippen molar-refractivity contribution in [1.29, 1.82) is 0 Å². The van der Waals surface area contributed by atoms with Crippen molar-refractivity contribution in [3.63, 3.8) is 0 Å². The van der Waals surface area contributed by atoms with Crippen molar-refractivity contribution in [2.45, 2.75) is 0 Å². The number of rotatable bonds is 6. The SMILES string of the molecule is COc1ccc(OCCNC(=O)Nc2ccc3snnc3c2)cc1. The molecule has 0 unspecified atom stereocenters. The molecule has 2 aromatic carbocycles. The Morgan fingerprint density at radius 1 is 1.17 bits per heavy atom. The molecule has 1 aromatic heterocycles. The Kier molecular flexibility index (Phi) is 5.07. The number of hydrogen-bond acceptors (Lipinski definition) is 6. The van der Waals surface area contributed by atoms with Gasteiger partial charge in [-0.1, -0.05) is 4.49 Å². The maximum absolute atomic E-state index is 11.9. The Bertz CT molecular complexity index is 820. The second-order valence-electron chi connectivity index (χ2n) is 4.86. The molecule has 2 amide bonds. The van der Waals surface area contributed by atoms with E-state index in [-0.39, 0.29) is 6.03 Å². The number of ether oxygens (including phenoxy) is 2. The average molecular weight is 344 g/mol. The van der Waals surface area contributed by atoms with E-state index >= 15 is 0 Å². The van der Waals surface area contributed by atoms with Gasteiger partial charge >= 0.3 is 6.03 Å². The van der Waals surface area contributed by atoms with Crippen molar-refractivity contribution >= 4 is 33.5 Å². The molecular weight excluding hydrogens is 328 g/mol. The molecule has 7 nitrogen and oxygen atoms in total. The number of carbonyl (C=O) groups is 1. The van der Waals surface area contributed by atoms with Crippen LogP contribution in [0.4, 0.5) is 10.5 Å². The van der Waals surface area contributed by atoms with E-state index in [4.69, 9.17) is 9.47 Å². The smallest absolute Gasteiger partial charge is 0.319 e. The molecule has 3 rings (SSSR count). The molecule has 0 aliphatic carbocycles. The van der Waals surface area contributed by atoms with Crippen LogP contribution < -0.4 is 20.1 Å². The number of anilines is 1. The summed E-state index contributed by atoms with van der Waals surface area (Å²) in [6.07, 6.45) is 0. The largest absolute Gasteiger partial charge is 0.497 e. The van der Waals surface area contributed by atoms with Crippen molar-refractivity contribution in [3.8, 4) is 11.5 Å². The topological polar surface area (TPSA) is 85.4 Å². The minimum atomic E-state index is -0.295. The number of carbonyl (C=O) groups excluding carboxylic acids is 1. The van der Waals surface area contributed by atoms with Gasteiger partial charge in [0.05, 0.1) is 18.4 Å². The van der Waals surface area contributed by atoms with E-state index in [1.807, 2.05) is 36.4 Å². The highest BCUT2D eigenvalue weighted by Gasteiger charge is 2.04. The molecule has 0 saturated heterocycles. The second-order valence-corrected chi connectivity index (χ2v) is 5.65. The van der Waals surface area contributed by atoms with Gasteiger partial charge in [0.2, 0.25) is 0 Å². The Morgan fingerprint density at radius 3 is 2.75 bits per heavy atom. The van der Waals surface area contributed by atoms with Gasteiger partial charge in [0.25, 0.3) is 0 Å². The number of hydrogen-bond donors (Lipinski definition) is 2. The fourth-order valence-electron chi connectivity index (χ4n) is 2.04. The summed E-state index contributed by atoms with van der Waals surface area (Å²) in [6, 6.07) is 12.4. The standard InChI is InChI=1S/C16H16N4O3S/c1-22-12-3-5-13(6-4-12)23-9-8-17-16(21)18-11-2-7-15-14(10-11)19-20-24-15/h2-7,10H,8-9H2,1H3,(H2,17,18,21). The molecule has 2 N–H and O–H groups in total. The first-order chi connectivity index (χ1) is 11.7. The lowest BCUT2D eigenvalue weighted by Crippen LogP contribution is -2.32. The molecular formula is C16H16N4O3S. The fraction of sp³-hybridized carbons (Fsp3) is 0.188. The van der Waals surface area contributed by atoms with Crippen molar-refractivity contribution in [2.24, 2.45) is 0 Å². The maximum atomic E-state index is 11.9. The molecule has 24 heavy (non-hydrogen) atoms. The van der Waals surface area contributed by atoms with E-state index < -0.39 is 0 Å². The monoisotopic (exact) mass is 344 g/mol. The van der Waals surface area contributed by atoms with Gasteiger partial charge in [-0.05, 0) is 54.0 Å². The Labute approximate surface area is 142 Å². The first-order valence-electron chi connectivity index (χ1n) is 7.28. The fourth-order valence-corrected chi connectivity index (χ4v) is 2.58. The highest BCUT2D eigenvalue weighted by molar-refractivity contribution is 7.12. The number of aromatic nitrogens is 2. The van der Waals surface area contributed by atoms with Crippen LogP contribution in [-0.4, -0.2) is 35.9 Å². The summed E-state index contributed by atoms with van der Waals surface area (Å²) in [5, 5.41) is 9.46. The van der Waals surface area contributed by atoms with Gasteiger partial charge in [-0.3, -0.25) is 0 Å². The van der Waals surface area contributed by atoms with Crippen molar-refractivity contribution in [1.82, 2.24) is 14.9 Å². The average Bonchev–Trinajstić information content (AvgIpc) is 3.07. The summed E-state index contributed by atoms with van der Waals surface area (Å²) < 4.78 is 15.5. The molecule has 3 aromatic rings. The van der Waals surface area contributed by atoms with E-state index in [9.17, 15) is 4.79 Å². The second kappa shape index (κ2) is 7.60. The summed E-state index contributed by atoms with van der Waals surface area (Å²) in [7, 11) is 1.61. The van der Waals surface area contributed by atoms with Crippen LogP contribution in [0.2, 0.25) is 0 Å². The van der Waals surface area contributed by atoms with E-state index in [0.717, 1.165) is 21.7 Å². The lowest BCUT2D eigenvalue weighted by Gasteiger charge is -2.09. The predicted octanol–water partition coefficient (Wildman–Crippen LogP) is 2.90. The van der Waals surface area contributed by atoms with Gasteiger partial charge in [0.1, 0.15) is 23.6 Å². The highest BCUT2D eigenvalue weighted by atomic mass is 32.1. The van der Waals surface area contributed by atoms with Gasteiger partial charge in [0.15, 0.2) is 0 Å². The van der Waals surface area contributed by atoms with E-state index in [1.54, 1.807) is 13.2 Å². The molecule has 0 saturated carbocycles. The number of nitrogens with zero attached hydrogens (tertiary/aromatic N) is 2. The minimum Gasteiger partial charge on any atom is -0.497 e. The summed E-state index contributed by atoms with van der Waals surface area (Å²) >= 11 is 1.32. The van der Waals surface area contributed by atoms with Crippen LogP contribution in [-0.2, 0) is 0 Å². The van der Waals surface area contributed by atoms with Crippen molar-refractivity contribution in [3.05, 3.63) is 42.5 Å². The van der Waals surface area contributed by atoms with Gasteiger partial charge in [-0.15, -0.1) is 5.10 Å². The van der Waals surface area contributed by atoms with E-state index in [2.05, 4.69) is 20.2 Å². The van der Waals surface area contributed by atoms with Crippen LogP contribution in [0.3, 0.4) is 0 Å². The summed E-state index contributed by atoms with van der Waals surface area (Å²) in [6.45, 7) is 0.757. The third-order valence-corrected chi connectivity index (χ3v) is 3.93. The molecule has 0 aliphatic heterocycles.